The number of hydrogen-bond acceptors (Lipinski definition) is 3. The van der Waals surface area contributed by atoms with Crippen LogP contribution in [0.25, 0.3) is 21.8 Å². The molecule has 2 N–H and O–H groups in total. The van der Waals surface area contributed by atoms with Gasteiger partial charge in [0.1, 0.15) is 0 Å². The van der Waals surface area contributed by atoms with Crippen LogP contribution in [0.15, 0.2) is 48.5 Å². The standard InChI is InChI=1S/C30H32N2O3/c1-16-18(3)31-25-12-20(8-10-23(16)25)29(21-9-11-24-17(2)19(4)32-26(24)13-21)22-14-27(33-5)30(35-7)28(15-22)34-6/h8-15,29,31-32H,1-7H3. The van der Waals surface area contributed by atoms with Gasteiger partial charge in [-0.05, 0) is 79.8 Å². The van der Waals surface area contributed by atoms with Gasteiger partial charge < -0.3 is 24.2 Å². The van der Waals surface area contributed by atoms with Gasteiger partial charge in [0.2, 0.25) is 5.75 Å². The van der Waals surface area contributed by atoms with Crippen LogP contribution in [0.4, 0.5) is 0 Å². The third kappa shape index (κ3) is 3.72. The molecule has 5 rings (SSSR count). The first kappa shape index (κ1) is 22.9. The van der Waals surface area contributed by atoms with Gasteiger partial charge in [0.25, 0.3) is 0 Å². The van der Waals surface area contributed by atoms with Crippen LogP contribution in [0, 0.1) is 27.7 Å². The molecule has 0 amide bonds. The minimum absolute atomic E-state index is 0.0367. The maximum absolute atomic E-state index is 5.70. The van der Waals surface area contributed by atoms with Gasteiger partial charge in [0.15, 0.2) is 11.5 Å². The molecule has 0 unspecified atom stereocenters. The third-order valence-electron chi connectivity index (χ3n) is 7.35. The van der Waals surface area contributed by atoms with Crippen LogP contribution in [0.3, 0.4) is 0 Å². The Kier molecular flexibility index (Phi) is 5.72. The number of rotatable bonds is 6. The van der Waals surface area contributed by atoms with Gasteiger partial charge >= 0.3 is 0 Å². The summed E-state index contributed by atoms with van der Waals surface area (Å²) in [6.07, 6.45) is 0. The number of aromatic nitrogens is 2. The van der Waals surface area contributed by atoms with Crippen LogP contribution in [-0.4, -0.2) is 31.3 Å². The van der Waals surface area contributed by atoms with Crippen molar-refractivity contribution in [1.82, 2.24) is 9.97 Å². The van der Waals surface area contributed by atoms with Crippen molar-refractivity contribution in [3.05, 3.63) is 87.7 Å². The molecule has 2 heterocycles. The molecular formula is C30H32N2O3. The molecule has 5 heteroatoms. The van der Waals surface area contributed by atoms with Gasteiger partial charge in [-0.2, -0.15) is 0 Å². The predicted octanol–water partition coefficient (Wildman–Crippen LogP) is 7.09. The summed E-state index contributed by atoms with van der Waals surface area (Å²) in [5.41, 5.74) is 10.7. The molecule has 0 aliphatic carbocycles. The molecule has 0 saturated carbocycles. The largest absolute Gasteiger partial charge is 0.493 e. The second kappa shape index (κ2) is 8.73. The fourth-order valence-corrected chi connectivity index (χ4v) is 5.18. The highest BCUT2D eigenvalue weighted by atomic mass is 16.5. The highest BCUT2D eigenvalue weighted by Crippen LogP contribution is 2.44. The lowest BCUT2D eigenvalue weighted by Gasteiger charge is -2.22. The molecular weight excluding hydrogens is 436 g/mol. The Morgan fingerprint density at radius 1 is 0.571 bits per heavy atom. The zero-order valence-electron chi connectivity index (χ0n) is 21.4. The molecule has 0 radical (unpaired) electrons. The van der Waals surface area contributed by atoms with E-state index in [1.54, 1.807) is 21.3 Å². The molecule has 0 fully saturated rings. The molecule has 5 aromatic rings. The van der Waals surface area contributed by atoms with E-state index < -0.39 is 0 Å². The van der Waals surface area contributed by atoms with Gasteiger partial charge in [-0.1, -0.05) is 24.3 Å². The zero-order chi connectivity index (χ0) is 24.9. The highest BCUT2D eigenvalue weighted by molar-refractivity contribution is 5.87. The number of nitrogens with one attached hydrogen (secondary N) is 2. The van der Waals surface area contributed by atoms with Crippen molar-refractivity contribution in [2.24, 2.45) is 0 Å². The lowest BCUT2D eigenvalue weighted by Crippen LogP contribution is -2.06. The fraction of sp³-hybridized carbons (Fsp3) is 0.267. The normalized spacial score (nSPS) is 11.5. The summed E-state index contributed by atoms with van der Waals surface area (Å²) >= 11 is 0. The smallest absolute Gasteiger partial charge is 0.203 e. The minimum atomic E-state index is -0.0367. The molecule has 35 heavy (non-hydrogen) atoms. The monoisotopic (exact) mass is 468 g/mol. The molecule has 0 aliphatic rings. The fourth-order valence-electron chi connectivity index (χ4n) is 5.18. The predicted molar refractivity (Wildman–Crippen MR) is 143 cm³/mol. The number of ether oxygens (including phenoxy) is 3. The van der Waals surface area contributed by atoms with Crippen molar-refractivity contribution in [3.8, 4) is 17.2 Å². The van der Waals surface area contributed by atoms with E-state index >= 15 is 0 Å². The van der Waals surface area contributed by atoms with Gasteiger partial charge in [-0.15, -0.1) is 0 Å². The van der Waals surface area contributed by atoms with Crippen molar-refractivity contribution < 1.29 is 14.2 Å². The lowest BCUT2D eigenvalue weighted by atomic mass is 9.84. The van der Waals surface area contributed by atoms with Gasteiger partial charge in [-0.25, -0.2) is 0 Å². The van der Waals surface area contributed by atoms with Crippen molar-refractivity contribution in [2.75, 3.05) is 21.3 Å². The van der Waals surface area contributed by atoms with E-state index in [0.29, 0.717) is 17.2 Å². The van der Waals surface area contributed by atoms with Crippen LogP contribution < -0.4 is 14.2 Å². The van der Waals surface area contributed by atoms with Gasteiger partial charge in [0.05, 0.1) is 21.3 Å². The number of benzene rings is 3. The maximum Gasteiger partial charge on any atom is 0.203 e. The summed E-state index contributed by atoms with van der Waals surface area (Å²) < 4.78 is 17.0. The quantitative estimate of drug-likeness (QED) is 0.262. The summed E-state index contributed by atoms with van der Waals surface area (Å²) in [7, 11) is 4.94. The van der Waals surface area contributed by atoms with E-state index in [1.807, 2.05) is 0 Å². The average molecular weight is 469 g/mol. The third-order valence-corrected chi connectivity index (χ3v) is 7.35. The van der Waals surface area contributed by atoms with Crippen LogP contribution >= 0.6 is 0 Å². The Hall–Kier alpha value is -3.86. The zero-order valence-corrected chi connectivity index (χ0v) is 21.4. The van der Waals surface area contributed by atoms with Crippen LogP contribution in [0.2, 0.25) is 0 Å². The van der Waals surface area contributed by atoms with Gasteiger partial charge in [0, 0.05) is 39.1 Å². The van der Waals surface area contributed by atoms with Gasteiger partial charge in [-0.3, -0.25) is 0 Å². The number of H-pyrrole nitrogens is 2. The maximum atomic E-state index is 5.70. The second-order valence-corrected chi connectivity index (χ2v) is 9.25. The number of aromatic amines is 2. The van der Waals surface area contributed by atoms with Crippen molar-refractivity contribution in [1.29, 1.82) is 0 Å². The average Bonchev–Trinajstić information content (AvgIpc) is 3.31. The summed E-state index contributed by atoms with van der Waals surface area (Å²) in [6.45, 7) is 8.56. The minimum Gasteiger partial charge on any atom is -0.493 e. The summed E-state index contributed by atoms with van der Waals surface area (Å²) in [5.74, 6) is 1.85. The van der Waals surface area contributed by atoms with E-state index in [2.05, 4.69) is 86.2 Å². The molecule has 0 spiro atoms. The van der Waals surface area contributed by atoms with Crippen LogP contribution in [-0.2, 0) is 0 Å². The first-order valence-corrected chi connectivity index (χ1v) is 11.8. The Bertz CT molecular complexity index is 1450. The summed E-state index contributed by atoms with van der Waals surface area (Å²) in [4.78, 5) is 7.11. The lowest BCUT2D eigenvalue weighted by molar-refractivity contribution is 0.323. The molecule has 0 aliphatic heterocycles. The molecule has 3 aromatic carbocycles. The molecule has 2 aromatic heterocycles. The van der Waals surface area contributed by atoms with E-state index in [-0.39, 0.29) is 5.92 Å². The van der Waals surface area contributed by atoms with Crippen LogP contribution in [0.5, 0.6) is 17.2 Å². The Morgan fingerprint density at radius 2 is 1.03 bits per heavy atom. The SMILES string of the molecule is COc1cc(C(c2ccc3c(C)c(C)[nH]c3c2)c2ccc3c(C)c(C)[nH]c3c2)cc(OC)c1OC. The summed E-state index contributed by atoms with van der Waals surface area (Å²) in [6, 6.07) is 17.5. The Labute approximate surface area is 206 Å². The Morgan fingerprint density at radius 3 is 1.43 bits per heavy atom. The number of methoxy groups -OCH3 is 3. The van der Waals surface area contributed by atoms with Crippen molar-refractivity contribution >= 4 is 21.8 Å². The van der Waals surface area contributed by atoms with E-state index in [9.17, 15) is 0 Å². The van der Waals surface area contributed by atoms with E-state index in [0.717, 1.165) is 16.6 Å². The molecule has 0 atom stereocenters. The first-order valence-electron chi connectivity index (χ1n) is 11.8. The Balaban J connectivity index is 1.77. The molecule has 180 valence electrons. The highest BCUT2D eigenvalue weighted by Gasteiger charge is 2.23. The molecule has 0 bridgehead atoms. The second-order valence-electron chi connectivity index (χ2n) is 9.25. The van der Waals surface area contributed by atoms with Crippen molar-refractivity contribution in [3.63, 3.8) is 0 Å². The van der Waals surface area contributed by atoms with Crippen molar-refractivity contribution in [2.45, 2.75) is 33.6 Å². The first-order chi connectivity index (χ1) is 16.9. The van der Waals surface area contributed by atoms with Crippen LogP contribution in [0.1, 0.15) is 45.1 Å². The topological polar surface area (TPSA) is 59.3 Å². The number of hydrogen-bond donors (Lipinski definition) is 2. The molecule has 5 nitrogen and oxygen atoms in total. The van der Waals surface area contributed by atoms with E-state index in [4.69, 9.17) is 14.2 Å². The van der Waals surface area contributed by atoms with E-state index in [1.165, 1.54) is 44.4 Å². The summed E-state index contributed by atoms with van der Waals surface area (Å²) in [5, 5.41) is 2.50. The number of aryl methyl sites for hydroxylation is 4. The molecule has 0 saturated heterocycles. The number of fused-ring (bicyclic) bond motifs is 2.